The van der Waals surface area contributed by atoms with Crippen molar-refractivity contribution >= 4 is 0 Å². The molecular formula is C11H18N2O2. The third kappa shape index (κ3) is 2.21. The average molecular weight is 210 g/mol. The molecule has 1 unspecified atom stereocenters. The van der Waals surface area contributed by atoms with Crippen molar-refractivity contribution in [3.63, 3.8) is 0 Å². The molecule has 4 nitrogen and oxygen atoms in total. The minimum Gasteiger partial charge on any atom is -0.396 e. The van der Waals surface area contributed by atoms with Gasteiger partial charge < -0.3 is 9.84 Å². The van der Waals surface area contributed by atoms with Crippen LogP contribution in [0.3, 0.4) is 0 Å². The monoisotopic (exact) mass is 210 g/mol. The molecule has 0 saturated carbocycles. The fourth-order valence-electron chi connectivity index (χ4n) is 2.09. The SMILES string of the molecule is Cn1nccc1CCC1(CO)CCOC1. The van der Waals surface area contributed by atoms with E-state index in [0.29, 0.717) is 6.61 Å². The van der Waals surface area contributed by atoms with Crippen LogP contribution in [0.5, 0.6) is 0 Å². The third-order valence-electron chi connectivity index (χ3n) is 3.35. The molecule has 1 fully saturated rings. The molecule has 0 radical (unpaired) electrons. The topological polar surface area (TPSA) is 47.3 Å². The van der Waals surface area contributed by atoms with Crippen LogP contribution in [0.2, 0.25) is 0 Å². The molecule has 1 aliphatic rings. The van der Waals surface area contributed by atoms with Crippen molar-refractivity contribution in [2.75, 3.05) is 19.8 Å². The standard InChI is InChI=1S/C11H18N2O2/c1-13-10(3-6-12-13)2-4-11(8-14)5-7-15-9-11/h3,6,14H,2,4-5,7-9H2,1H3. The van der Waals surface area contributed by atoms with E-state index >= 15 is 0 Å². The second-order valence-corrected chi connectivity index (χ2v) is 4.41. The van der Waals surface area contributed by atoms with Crippen LogP contribution in [0, 0.1) is 5.41 Å². The van der Waals surface area contributed by atoms with Gasteiger partial charge in [-0.2, -0.15) is 5.10 Å². The lowest BCUT2D eigenvalue weighted by molar-refractivity contribution is 0.0864. The molecule has 1 N–H and O–H groups in total. The van der Waals surface area contributed by atoms with Gasteiger partial charge in [0.15, 0.2) is 0 Å². The van der Waals surface area contributed by atoms with Crippen molar-refractivity contribution in [2.24, 2.45) is 12.5 Å². The Balaban J connectivity index is 1.94. The van der Waals surface area contributed by atoms with Gasteiger partial charge in [-0.1, -0.05) is 0 Å². The normalized spacial score (nSPS) is 26.0. The fourth-order valence-corrected chi connectivity index (χ4v) is 2.09. The summed E-state index contributed by atoms with van der Waals surface area (Å²) >= 11 is 0. The first-order chi connectivity index (χ1) is 7.26. The number of aryl methyl sites for hydroxylation is 2. The maximum atomic E-state index is 9.41. The highest BCUT2D eigenvalue weighted by Crippen LogP contribution is 2.32. The second-order valence-electron chi connectivity index (χ2n) is 4.41. The van der Waals surface area contributed by atoms with Crippen LogP contribution in [0.15, 0.2) is 12.3 Å². The molecule has 1 atom stereocenters. The Kier molecular flexibility index (Phi) is 3.07. The molecule has 2 heterocycles. The van der Waals surface area contributed by atoms with E-state index in [4.69, 9.17) is 4.74 Å². The molecular weight excluding hydrogens is 192 g/mol. The van der Waals surface area contributed by atoms with E-state index in [9.17, 15) is 5.11 Å². The molecule has 0 aromatic carbocycles. The Labute approximate surface area is 89.9 Å². The maximum Gasteiger partial charge on any atom is 0.0545 e. The summed E-state index contributed by atoms with van der Waals surface area (Å²) < 4.78 is 7.26. The molecule has 0 bridgehead atoms. The van der Waals surface area contributed by atoms with Gasteiger partial charge in [0.2, 0.25) is 0 Å². The first-order valence-electron chi connectivity index (χ1n) is 5.41. The Bertz CT molecular complexity index is 316. The number of rotatable bonds is 4. The van der Waals surface area contributed by atoms with E-state index in [1.165, 1.54) is 5.69 Å². The van der Waals surface area contributed by atoms with Crippen molar-refractivity contribution in [1.29, 1.82) is 0 Å². The molecule has 1 aromatic rings. The Morgan fingerprint density at radius 3 is 3.07 bits per heavy atom. The highest BCUT2D eigenvalue weighted by atomic mass is 16.5. The van der Waals surface area contributed by atoms with Gasteiger partial charge in [0, 0.05) is 31.0 Å². The average Bonchev–Trinajstić information content (AvgIpc) is 2.85. The Morgan fingerprint density at radius 1 is 1.67 bits per heavy atom. The number of ether oxygens (including phenoxy) is 1. The minimum atomic E-state index is -0.00965. The number of hydrogen-bond acceptors (Lipinski definition) is 3. The summed E-state index contributed by atoms with van der Waals surface area (Å²) in [6.45, 7) is 1.71. The summed E-state index contributed by atoms with van der Waals surface area (Å²) in [5.74, 6) is 0. The predicted molar refractivity (Wildman–Crippen MR) is 56.5 cm³/mol. The lowest BCUT2D eigenvalue weighted by Crippen LogP contribution is -2.26. The van der Waals surface area contributed by atoms with Crippen molar-refractivity contribution in [3.8, 4) is 0 Å². The molecule has 0 aliphatic carbocycles. The lowest BCUT2D eigenvalue weighted by Gasteiger charge is -2.24. The number of hydrogen-bond donors (Lipinski definition) is 1. The Morgan fingerprint density at radius 2 is 2.53 bits per heavy atom. The number of aliphatic hydroxyl groups is 1. The molecule has 1 aromatic heterocycles. The van der Waals surface area contributed by atoms with Crippen molar-refractivity contribution in [3.05, 3.63) is 18.0 Å². The number of nitrogens with zero attached hydrogens (tertiary/aromatic N) is 2. The van der Waals surface area contributed by atoms with E-state index < -0.39 is 0 Å². The number of aliphatic hydroxyl groups excluding tert-OH is 1. The van der Waals surface area contributed by atoms with Crippen LogP contribution in [-0.2, 0) is 18.2 Å². The van der Waals surface area contributed by atoms with Crippen LogP contribution in [-0.4, -0.2) is 34.7 Å². The summed E-state index contributed by atoms with van der Waals surface area (Å²) in [6, 6.07) is 2.03. The van der Waals surface area contributed by atoms with E-state index in [0.717, 1.165) is 25.9 Å². The van der Waals surface area contributed by atoms with Crippen LogP contribution in [0.25, 0.3) is 0 Å². The zero-order valence-corrected chi connectivity index (χ0v) is 9.15. The van der Waals surface area contributed by atoms with Gasteiger partial charge in [-0.05, 0) is 25.3 Å². The van der Waals surface area contributed by atoms with Gasteiger partial charge in [-0.15, -0.1) is 0 Å². The van der Waals surface area contributed by atoms with Crippen LogP contribution < -0.4 is 0 Å². The zero-order chi connectivity index (χ0) is 10.7. The molecule has 15 heavy (non-hydrogen) atoms. The van der Waals surface area contributed by atoms with Crippen molar-refractivity contribution in [2.45, 2.75) is 19.3 Å². The van der Waals surface area contributed by atoms with E-state index in [-0.39, 0.29) is 12.0 Å². The van der Waals surface area contributed by atoms with E-state index in [1.54, 1.807) is 0 Å². The summed E-state index contributed by atoms with van der Waals surface area (Å²) in [7, 11) is 1.95. The second kappa shape index (κ2) is 4.33. The van der Waals surface area contributed by atoms with Crippen molar-refractivity contribution < 1.29 is 9.84 Å². The highest BCUT2D eigenvalue weighted by Gasteiger charge is 2.33. The fraction of sp³-hybridized carbons (Fsp3) is 0.727. The first-order valence-corrected chi connectivity index (χ1v) is 5.41. The van der Waals surface area contributed by atoms with Gasteiger partial charge in [-0.3, -0.25) is 4.68 Å². The van der Waals surface area contributed by atoms with Crippen LogP contribution >= 0.6 is 0 Å². The van der Waals surface area contributed by atoms with Crippen molar-refractivity contribution in [1.82, 2.24) is 9.78 Å². The van der Waals surface area contributed by atoms with Gasteiger partial charge in [0.05, 0.1) is 13.2 Å². The number of aromatic nitrogens is 2. The molecule has 4 heteroatoms. The minimum absolute atomic E-state index is 0.00965. The largest absolute Gasteiger partial charge is 0.396 e. The van der Waals surface area contributed by atoms with Gasteiger partial charge >= 0.3 is 0 Å². The third-order valence-corrected chi connectivity index (χ3v) is 3.35. The molecule has 1 aliphatic heterocycles. The molecule has 2 rings (SSSR count). The summed E-state index contributed by atoms with van der Waals surface area (Å²) in [5.41, 5.74) is 1.21. The smallest absolute Gasteiger partial charge is 0.0545 e. The predicted octanol–water partition coefficient (Wildman–Crippen LogP) is 0.752. The zero-order valence-electron chi connectivity index (χ0n) is 9.15. The van der Waals surface area contributed by atoms with Gasteiger partial charge in [-0.25, -0.2) is 0 Å². The molecule has 0 amide bonds. The Hall–Kier alpha value is -0.870. The van der Waals surface area contributed by atoms with Crippen LogP contribution in [0.1, 0.15) is 18.5 Å². The molecule has 84 valence electrons. The van der Waals surface area contributed by atoms with E-state index in [1.807, 2.05) is 24.0 Å². The summed E-state index contributed by atoms with van der Waals surface area (Å²) in [4.78, 5) is 0. The molecule has 1 saturated heterocycles. The van der Waals surface area contributed by atoms with Gasteiger partial charge in [0.25, 0.3) is 0 Å². The maximum absolute atomic E-state index is 9.41. The lowest BCUT2D eigenvalue weighted by atomic mass is 9.83. The first kappa shape index (κ1) is 10.6. The van der Waals surface area contributed by atoms with Crippen LogP contribution in [0.4, 0.5) is 0 Å². The summed E-state index contributed by atoms with van der Waals surface area (Å²) in [5, 5.41) is 13.5. The summed E-state index contributed by atoms with van der Waals surface area (Å²) in [6.07, 6.45) is 4.72. The molecule has 0 spiro atoms. The highest BCUT2D eigenvalue weighted by molar-refractivity contribution is 5.01. The van der Waals surface area contributed by atoms with E-state index in [2.05, 4.69) is 5.10 Å². The quantitative estimate of drug-likeness (QED) is 0.797. The van der Waals surface area contributed by atoms with Gasteiger partial charge in [0.1, 0.15) is 0 Å².